The molecule has 1 N–H and O–H groups in total. The Labute approximate surface area is 96.1 Å². The molecule has 0 radical (unpaired) electrons. The molecule has 0 spiro atoms. The van der Waals surface area contributed by atoms with Crippen LogP contribution in [0.1, 0.15) is 38.3 Å². The fourth-order valence-corrected chi connectivity index (χ4v) is 1.66. The van der Waals surface area contributed by atoms with Gasteiger partial charge in [0.15, 0.2) is 0 Å². The van der Waals surface area contributed by atoms with Gasteiger partial charge in [0.1, 0.15) is 5.82 Å². The summed E-state index contributed by atoms with van der Waals surface area (Å²) in [6.45, 7) is 4.02. The fourth-order valence-electron chi connectivity index (χ4n) is 1.66. The molecule has 86 valence electrons. The molecule has 0 fully saturated rings. The van der Waals surface area contributed by atoms with E-state index in [4.69, 9.17) is 5.26 Å². The molecule has 3 heteroatoms. The van der Waals surface area contributed by atoms with Crippen LogP contribution < -0.4 is 5.32 Å². The van der Waals surface area contributed by atoms with Crippen molar-refractivity contribution in [2.45, 2.75) is 38.8 Å². The van der Waals surface area contributed by atoms with Crippen molar-refractivity contribution in [2.24, 2.45) is 0 Å². The number of nitriles is 1. The first-order valence-electron chi connectivity index (χ1n) is 5.55. The molecule has 0 aromatic heterocycles. The van der Waals surface area contributed by atoms with Crippen molar-refractivity contribution in [3.63, 3.8) is 0 Å². The van der Waals surface area contributed by atoms with E-state index in [9.17, 15) is 4.39 Å². The van der Waals surface area contributed by atoms with Gasteiger partial charge in [-0.2, -0.15) is 5.26 Å². The average molecular weight is 220 g/mol. The van der Waals surface area contributed by atoms with Gasteiger partial charge in [0.05, 0.1) is 12.5 Å². The molecular weight excluding hydrogens is 203 g/mol. The molecule has 2 unspecified atom stereocenters. The van der Waals surface area contributed by atoms with Crippen LogP contribution in [0.15, 0.2) is 24.3 Å². The first-order chi connectivity index (χ1) is 7.67. The maximum Gasteiger partial charge on any atom is 0.123 e. The lowest BCUT2D eigenvalue weighted by Crippen LogP contribution is -2.30. The van der Waals surface area contributed by atoms with Gasteiger partial charge < -0.3 is 5.32 Å². The van der Waals surface area contributed by atoms with Crippen LogP contribution in [0.2, 0.25) is 0 Å². The van der Waals surface area contributed by atoms with Gasteiger partial charge >= 0.3 is 0 Å². The largest absolute Gasteiger partial charge is 0.306 e. The lowest BCUT2D eigenvalue weighted by atomic mass is 10.1. The molecule has 0 heterocycles. The third kappa shape index (κ3) is 3.63. The zero-order chi connectivity index (χ0) is 12.0. The molecule has 16 heavy (non-hydrogen) atoms. The summed E-state index contributed by atoms with van der Waals surface area (Å²) in [6, 6.07) is 8.93. The van der Waals surface area contributed by atoms with Gasteiger partial charge in [-0.1, -0.05) is 19.1 Å². The molecule has 2 atom stereocenters. The molecule has 2 nitrogen and oxygen atoms in total. The molecule has 0 saturated heterocycles. The highest BCUT2D eigenvalue weighted by atomic mass is 19.1. The van der Waals surface area contributed by atoms with Crippen molar-refractivity contribution in [2.75, 3.05) is 0 Å². The van der Waals surface area contributed by atoms with Crippen molar-refractivity contribution in [1.82, 2.24) is 5.32 Å². The van der Waals surface area contributed by atoms with E-state index in [-0.39, 0.29) is 17.9 Å². The number of hydrogen-bond acceptors (Lipinski definition) is 2. The second-order valence-electron chi connectivity index (χ2n) is 3.91. The summed E-state index contributed by atoms with van der Waals surface area (Å²) in [5.74, 6) is -0.223. The smallest absolute Gasteiger partial charge is 0.123 e. The van der Waals surface area contributed by atoms with Crippen molar-refractivity contribution >= 4 is 0 Å². The monoisotopic (exact) mass is 220 g/mol. The summed E-state index contributed by atoms with van der Waals surface area (Å²) < 4.78 is 13.0. The Balaban J connectivity index is 2.64. The highest BCUT2D eigenvalue weighted by Gasteiger charge is 2.11. The number of nitrogens with zero attached hydrogens (tertiary/aromatic N) is 1. The summed E-state index contributed by atoms with van der Waals surface area (Å²) in [7, 11) is 0. The minimum Gasteiger partial charge on any atom is -0.306 e. The third-order valence-corrected chi connectivity index (χ3v) is 2.66. The lowest BCUT2D eigenvalue weighted by Gasteiger charge is -2.20. The number of halogens is 1. The minimum absolute atomic E-state index is 0.0639. The Morgan fingerprint density at radius 2 is 2.25 bits per heavy atom. The minimum atomic E-state index is -0.223. The van der Waals surface area contributed by atoms with Crippen molar-refractivity contribution in [1.29, 1.82) is 5.26 Å². The molecule has 0 saturated carbocycles. The van der Waals surface area contributed by atoms with Crippen molar-refractivity contribution < 1.29 is 4.39 Å². The van der Waals surface area contributed by atoms with Gasteiger partial charge in [0.2, 0.25) is 0 Å². The van der Waals surface area contributed by atoms with E-state index < -0.39 is 0 Å². The number of benzene rings is 1. The Bertz CT molecular complexity index is 370. The molecule has 0 bridgehead atoms. The third-order valence-electron chi connectivity index (χ3n) is 2.66. The average Bonchev–Trinajstić information content (AvgIpc) is 2.28. The molecule has 1 aromatic carbocycles. The Morgan fingerprint density at radius 3 is 2.81 bits per heavy atom. The van der Waals surface area contributed by atoms with E-state index in [2.05, 4.69) is 11.4 Å². The maximum atomic E-state index is 13.0. The van der Waals surface area contributed by atoms with Crippen molar-refractivity contribution in [3.8, 4) is 6.07 Å². The van der Waals surface area contributed by atoms with Crippen LogP contribution in [0.3, 0.4) is 0 Å². The van der Waals surface area contributed by atoms with Crippen LogP contribution in [0.25, 0.3) is 0 Å². The first kappa shape index (κ1) is 12.7. The summed E-state index contributed by atoms with van der Waals surface area (Å²) in [5.41, 5.74) is 0.913. The first-order valence-corrected chi connectivity index (χ1v) is 5.55. The van der Waals surface area contributed by atoms with Crippen LogP contribution in [0, 0.1) is 17.1 Å². The molecule has 0 amide bonds. The molecule has 1 rings (SSSR count). The number of hydrogen-bond donors (Lipinski definition) is 1. The maximum absolute atomic E-state index is 13.0. The summed E-state index contributed by atoms with van der Waals surface area (Å²) in [4.78, 5) is 0. The second kappa shape index (κ2) is 6.24. The van der Waals surface area contributed by atoms with E-state index in [1.165, 1.54) is 12.1 Å². The molecule has 0 aliphatic rings. The lowest BCUT2D eigenvalue weighted by molar-refractivity contribution is 0.446. The summed E-state index contributed by atoms with van der Waals surface area (Å²) >= 11 is 0. The molecular formula is C13H17FN2. The van der Waals surface area contributed by atoms with Gasteiger partial charge in [-0.3, -0.25) is 0 Å². The SMILES string of the molecule is CCC(CC#N)NC(C)c1cccc(F)c1. The zero-order valence-electron chi connectivity index (χ0n) is 9.70. The van der Waals surface area contributed by atoms with Crippen LogP contribution in [0.4, 0.5) is 4.39 Å². The Kier molecular flexibility index (Phi) is 4.94. The van der Waals surface area contributed by atoms with E-state index in [1.807, 2.05) is 19.9 Å². The highest BCUT2D eigenvalue weighted by molar-refractivity contribution is 5.19. The standard InChI is InChI=1S/C13H17FN2/c1-3-13(7-8-15)16-10(2)11-5-4-6-12(14)9-11/h4-6,9-10,13,16H,3,7H2,1-2H3. The zero-order valence-corrected chi connectivity index (χ0v) is 9.70. The van der Waals surface area contributed by atoms with Gasteiger partial charge in [-0.15, -0.1) is 0 Å². The van der Waals surface area contributed by atoms with E-state index in [1.54, 1.807) is 6.07 Å². The number of rotatable bonds is 5. The van der Waals surface area contributed by atoms with E-state index in [0.717, 1.165) is 12.0 Å². The normalized spacial score (nSPS) is 14.1. The Morgan fingerprint density at radius 1 is 1.50 bits per heavy atom. The fraction of sp³-hybridized carbons (Fsp3) is 0.462. The van der Waals surface area contributed by atoms with Gasteiger partial charge in [0.25, 0.3) is 0 Å². The molecule has 0 aliphatic heterocycles. The molecule has 0 aliphatic carbocycles. The van der Waals surface area contributed by atoms with Crippen LogP contribution in [-0.2, 0) is 0 Å². The topological polar surface area (TPSA) is 35.8 Å². The quantitative estimate of drug-likeness (QED) is 0.827. The van der Waals surface area contributed by atoms with Crippen LogP contribution in [0.5, 0.6) is 0 Å². The van der Waals surface area contributed by atoms with Crippen molar-refractivity contribution in [3.05, 3.63) is 35.6 Å². The van der Waals surface area contributed by atoms with E-state index >= 15 is 0 Å². The van der Waals surface area contributed by atoms with Crippen LogP contribution >= 0.6 is 0 Å². The van der Waals surface area contributed by atoms with Gasteiger partial charge in [-0.05, 0) is 31.0 Å². The molecule has 1 aromatic rings. The van der Waals surface area contributed by atoms with E-state index in [0.29, 0.717) is 6.42 Å². The number of nitrogens with one attached hydrogen (secondary N) is 1. The second-order valence-corrected chi connectivity index (χ2v) is 3.91. The van der Waals surface area contributed by atoms with Gasteiger partial charge in [-0.25, -0.2) is 4.39 Å². The Hall–Kier alpha value is -1.40. The van der Waals surface area contributed by atoms with Crippen LogP contribution in [-0.4, -0.2) is 6.04 Å². The summed E-state index contributed by atoms with van der Waals surface area (Å²) in [5, 5.41) is 12.0. The highest BCUT2D eigenvalue weighted by Crippen LogP contribution is 2.15. The van der Waals surface area contributed by atoms with Gasteiger partial charge in [0, 0.05) is 12.1 Å². The predicted molar refractivity (Wildman–Crippen MR) is 62.3 cm³/mol. The predicted octanol–water partition coefficient (Wildman–Crippen LogP) is 3.17. The summed E-state index contributed by atoms with van der Waals surface area (Å²) in [6.07, 6.45) is 1.38.